The Balaban J connectivity index is 2.68. The van der Waals surface area contributed by atoms with Crippen LogP contribution >= 0.6 is 0 Å². The molecular formula is C15H31N3O. The number of carbonyl (C=O) groups is 1. The number of nitrogens with zero attached hydrogens (tertiary/aromatic N) is 1. The third kappa shape index (κ3) is 4.18. The molecule has 1 rings (SSSR count). The molecule has 0 heterocycles. The zero-order valence-electron chi connectivity index (χ0n) is 13.0. The normalized spacial score (nSPS) is 21.5. The maximum Gasteiger partial charge on any atom is 0.237 e. The Labute approximate surface area is 118 Å². The van der Waals surface area contributed by atoms with Crippen LogP contribution in [0.4, 0.5) is 0 Å². The summed E-state index contributed by atoms with van der Waals surface area (Å²) in [4.78, 5) is 14.3. The average molecular weight is 269 g/mol. The van der Waals surface area contributed by atoms with Crippen LogP contribution in [0.15, 0.2) is 0 Å². The van der Waals surface area contributed by atoms with E-state index in [0.29, 0.717) is 12.1 Å². The second-order valence-electron chi connectivity index (χ2n) is 6.05. The highest BCUT2D eigenvalue weighted by Gasteiger charge is 2.35. The molecule has 19 heavy (non-hydrogen) atoms. The smallest absolute Gasteiger partial charge is 0.237 e. The van der Waals surface area contributed by atoms with Gasteiger partial charge in [0, 0.05) is 12.1 Å². The van der Waals surface area contributed by atoms with Crippen LogP contribution in [0.25, 0.3) is 0 Å². The molecule has 0 aliphatic heterocycles. The molecule has 4 heteroatoms. The standard InChI is InChI=1S/C15H31N3O/c1-5-17-15(4,14(16)19)11-12(3)18(6-2)13-9-7-8-10-13/h12-13,17H,5-11H2,1-4H3,(H2,16,19). The van der Waals surface area contributed by atoms with Gasteiger partial charge in [-0.1, -0.05) is 26.7 Å². The lowest BCUT2D eigenvalue weighted by molar-refractivity contribution is -0.124. The third-order valence-electron chi connectivity index (χ3n) is 4.54. The Morgan fingerprint density at radius 3 is 2.42 bits per heavy atom. The monoisotopic (exact) mass is 269 g/mol. The lowest BCUT2D eigenvalue weighted by Crippen LogP contribution is -2.57. The van der Waals surface area contributed by atoms with Crippen molar-refractivity contribution in [3.05, 3.63) is 0 Å². The first-order valence-electron chi connectivity index (χ1n) is 7.75. The summed E-state index contributed by atoms with van der Waals surface area (Å²) >= 11 is 0. The van der Waals surface area contributed by atoms with E-state index in [0.717, 1.165) is 19.5 Å². The summed E-state index contributed by atoms with van der Waals surface area (Å²) in [6, 6.07) is 1.07. The summed E-state index contributed by atoms with van der Waals surface area (Å²) in [6.45, 7) is 10.2. The molecule has 1 fully saturated rings. The number of carbonyl (C=O) groups excluding carboxylic acids is 1. The van der Waals surface area contributed by atoms with Gasteiger partial charge in [-0.15, -0.1) is 0 Å². The van der Waals surface area contributed by atoms with Gasteiger partial charge >= 0.3 is 0 Å². The molecule has 3 N–H and O–H groups in total. The van der Waals surface area contributed by atoms with Crippen molar-refractivity contribution in [1.29, 1.82) is 0 Å². The van der Waals surface area contributed by atoms with Gasteiger partial charge in [-0.2, -0.15) is 0 Å². The molecular weight excluding hydrogens is 238 g/mol. The molecule has 1 amide bonds. The topological polar surface area (TPSA) is 58.4 Å². The zero-order valence-corrected chi connectivity index (χ0v) is 13.0. The number of primary amides is 1. The summed E-state index contributed by atoms with van der Waals surface area (Å²) in [6.07, 6.45) is 6.06. The van der Waals surface area contributed by atoms with Crippen LogP contribution < -0.4 is 11.1 Å². The zero-order chi connectivity index (χ0) is 14.5. The van der Waals surface area contributed by atoms with Crippen LogP contribution in [0.3, 0.4) is 0 Å². The van der Waals surface area contributed by atoms with Gasteiger partial charge in [-0.25, -0.2) is 0 Å². The number of nitrogens with one attached hydrogen (secondary N) is 1. The highest BCUT2D eigenvalue weighted by atomic mass is 16.1. The largest absolute Gasteiger partial charge is 0.368 e. The van der Waals surface area contributed by atoms with E-state index in [1.54, 1.807) is 0 Å². The van der Waals surface area contributed by atoms with Gasteiger partial charge < -0.3 is 11.1 Å². The summed E-state index contributed by atoms with van der Waals surface area (Å²) in [7, 11) is 0. The minimum absolute atomic E-state index is 0.247. The van der Waals surface area contributed by atoms with E-state index >= 15 is 0 Å². The van der Waals surface area contributed by atoms with E-state index in [1.165, 1.54) is 25.7 Å². The number of hydrogen-bond donors (Lipinski definition) is 2. The Morgan fingerprint density at radius 2 is 2.00 bits per heavy atom. The number of nitrogens with two attached hydrogens (primary N) is 1. The Kier molecular flexibility index (Phi) is 6.27. The third-order valence-corrected chi connectivity index (χ3v) is 4.54. The van der Waals surface area contributed by atoms with E-state index in [4.69, 9.17) is 5.73 Å². The number of amides is 1. The van der Waals surface area contributed by atoms with Crippen molar-refractivity contribution in [1.82, 2.24) is 10.2 Å². The Bertz CT molecular complexity index is 289. The van der Waals surface area contributed by atoms with E-state index in [9.17, 15) is 4.79 Å². The molecule has 112 valence electrons. The summed E-state index contributed by atoms with van der Waals surface area (Å²) in [5, 5.41) is 3.26. The fourth-order valence-electron chi connectivity index (χ4n) is 3.52. The first kappa shape index (κ1) is 16.4. The van der Waals surface area contributed by atoms with Crippen LogP contribution in [0.5, 0.6) is 0 Å². The number of rotatable bonds is 8. The van der Waals surface area contributed by atoms with Gasteiger partial charge in [-0.3, -0.25) is 9.69 Å². The minimum atomic E-state index is -0.597. The molecule has 0 spiro atoms. The fourth-order valence-corrected chi connectivity index (χ4v) is 3.52. The van der Waals surface area contributed by atoms with Crippen molar-refractivity contribution in [2.45, 2.75) is 77.4 Å². The molecule has 2 atom stereocenters. The lowest BCUT2D eigenvalue weighted by atomic mass is 9.91. The molecule has 0 aromatic rings. The minimum Gasteiger partial charge on any atom is -0.368 e. The van der Waals surface area contributed by atoms with Crippen LogP contribution in [0.1, 0.15) is 59.8 Å². The number of likely N-dealkylation sites (N-methyl/N-ethyl adjacent to an activating group) is 1. The maximum atomic E-state index is 11.7. The first-order chi connectivity index (χ1) is 8.94. The van der Waals surface area contributed by atoms with Gasteiger partial charge in [0.05, 0.1) is 5.54 Å². The summed E-state index contributed by atoms with van der Waals surface area (Å²) in [5.74, 6) is -0.247. The van der Waals surface area contributed by atoms with Gasteiger partial charge in [-0.05, 0) is 46.2 Å². The van der Waals surface area contributed by atoms with Gasteiger partial charge in [0.15, 0.2) is 0 Å². The predicted molar refractivity (Wildman–Crippen MR) is 80.0 cm³/mol. The summed E-state index contributed by atoms with van der Waals surface area (Å²) < 4.78 is 0. The molecule has 1 aliphatic rings. The SMILES string of the molecule is CCNC(C)(CC(C)N(CC)C1CCCC1)C(N)=O. The summed E-state index contributed by atoms with van der Waals surface area (Å²) in [5.41, 5.74) is 4.98. The average Bonchev–Trinajstić information content (AvgIpc) is 2.83. The van der Waals surface area contributed by atoms with E-state index in [2.05, 4.69) is 24.1 Å². The van der Waals surface area contributed by atoms with E-state index < -0.39 is 5.54 Å². The number of hydrogen-bond acceptors (Lipinski definition) is 3. The quantitative estimate of drug-likeness (QED) is 0.707. The van der Waals surface area contributed by atoms with Crippen LogP contribution in [-0.2, 0) is 4.79 Å². The molecule has 1 saturated carbocycles. The van der Waals surface area contributed by atoms with Crippen LogP contribution in [0, 0.1) is 0 Å². The predicted octanol–water partition coefficient (Wildman–Crippen LogP) is 1.88. The molecule has 0 radical (unpaired) electrons. The molecule has 0 bridgehead atoms. The first-order valence-corrected chi connectivity index (χ1v) is 7.75. The molecule has 2 unspecified atom stereocenters. The highest BCUT2D eigenvalue weighted by molar-refractivity contribution is 5.84. The van der Waals surface area contributed by atoms with Crippen molar-refractivity contribution in [2.24, 2.45) is 5.73 Å². The van der Waals surface area contributed by atoms with Crippen molar-refractivity contribution >= 4 is 5.91 Å². The molecule has 0 aromatic carbocycles. The Hall–Kier alpha value is -0.610. The van der Waals surface area contributed by atoms with Gasteiger partial charge in [0.1, 0.15) is 0 Å². The fraction of sp³-hybridized carbons (Fsp3) is 0.933. The van der Waals surface area contributed by atoms with E-state index in [1.807, 2.05) is 13.8 Å². The second-order valence-corrected chi connectivity index (χ2v) is 6.05. The second kappa shape index (κ2) is 7.25. The van der Waals surface area contributed by atoms with Gasteiger partial charge in [0.25, 0.3) is 0 Å². The molecule has 0 saturated heterocycles. The van der Waals surface area contributed by atoms with Crippen LogP contribution in [-0.4, -0.2) is 41.5 Å². The van der Waals surface area contributed by atoms with Crippen LogP contribution in [0.2, 0.25) is 0 Å². The lowest BCUT2D eigenvalue weighted by Gasteiger charge is -2.38. The van der Waals surface area contributed by atoms with E-state index in [-0.39, 0.29) is 5.91 Å². The van der Waals surface area contributed by atoms with Crippen molar-refractivity contribution in [3.63, 3.8) is 0 Å². The molecule has 1 aliphatic carbocycles. The Morgan fingerprint density at radius 1 is 1.42 bits per heavy atom. The molecule has 0 aromatic heterocycles. The van der Waals surface area contributed by atoms with Crippen molar-refractivity contribution in [3.8, 4) is 0 Å². The van der Waals surface area contributed by atoms with Crippen molar-refractivity contribution < 1.29 is 4.79 Å². The highest BCUT2D eigenvalue weighted by Crippen LogP contribution is 2.27. The molecule has 4 nitrogen and oxygen atoms in total. The van der Waals surface area contributed by atoms with Gasteiger partial charge in [0.2, 0.25) is 5.91 Å². The van der Waals surface area contributed by atoms with Crippen molar-refractivity contribution in [2.75, 3.05) is 13.1 Å². The maximum absolute atomic E-state index is 11.7.